The van der Waals surface area contributed by atoms with Crippen molar-refractivity contribution in [3.05, 3.63) is 39.5 Å². The minimum Gasteiger partial charge on any atom is -0.494 e. The lowest BCUT2D eigenvalue weighted by atomic mass is 10.3. The molecule has 1 amide bonds. The molecule has 0 radical (unpaired) electrons. The summed E-state index contributed by atoms with van der Waals surface area (Å²) in [6.07, 6.45) is 0. The van der Waals surface area contributed by atoms with Crippen molar-refractivity contribution < 1.29 is 14.4 Å². The zero-order valence-corrected chi connectivity index (χ0v) is 17.3. The van der Waals surface area contributed by atoms with E-state index in [1.807, 2.05) is 25.1 Å². The molecule has 0 unspecified atom stereocenters. The van der Waals surface area contributed by atoms with Crippen LogP contribution in [0.2, 0.25) is 4.34 Å². The standard InChI is InChI=1S/C18H20ClN3O2S2/c1-4-24-12-5-6-13-15(11-12)26-18(20-13)22(10-9-21(2)3)17(23)14-7-8-16(19)25-14/h5-8,11H,4,9-10H2,1-3H3/p+1. The summed E-state index contributed by atoms with van der Waals surface area (Å²) in [5.41, 5.74) is 0.868. The van der Waals surface area contributed by atoms with Crippen LogP contribution in [-0.2, 0) is 0 Å². The fraction of sp³-hybridized carbons (Fsp3) is 0.333. The van der Waals surface area contributed by atoms with E-state index in [0.717, 1.165) is 22.5 Å². The highest BCUT2D eigenvalue weighted by Crippen LogP contribution is 2.33. The highest BCUT2D eigenvalue weighted by atomic mass is 35.5. The second-order valence-corrected chi connectivity index (χ2v) is 8.80. The number of hydrogen-bond donors (Lipinski definition) is 1. The Bertz CT molecular complexity index is 907. The van der Waals surface area contributed by atoms with Crippen molar-refractivity contribution in [1.82, 2.24) is 4.98 Å². The molecule has 138 valence electrons. The summed E-state index contributed by atoms with van der Waals surface area (Å²) in [5, 5.41) is 0.699. The van der Waals surface area contributed by atoms with Crippen LogP contribution < -0.4 is 14.5 Å². The molecule has 0 aliphatic heterocycles. The number of benzene rings is 1. The van der Waals surface area contributed by atoms with E-state index in [1.165, 1.54) is 27.6 Å². The number of amides is 1. The van der Waals surface area contributed by atoms with Crippen LogP contribution in [0.3, 0.4) is 0 Å². The van der Waals surface area contributed by atoms with Crippen LogP contribution in [0.15, 0.2) is 30.3 Å². The number of anilines is 1. The van der Waals surface area contributed by atoms with Gasteiger partial charge in [0.05, 0.1) is 53.2 Å². The first-order valence-corrected chi connectivity index (χ1v) is 10.4. The number of thiophene rings is 1. The molecule has 0 aliphatic rings. The molecule has 1 aromatic carbocycles. The number of carbonyl (C=O) groups is 1. The molecule has 0 aliphatic carbocycles. The average molecular weight is 411 g/mol. The second-order valence-electron chi connectivity index (χ2n) is 6.08. The zero-order valence-electron chi connectivity index (χ0n) is 14.9. The van der Waals surface area contributed by atoms with Gasteiger partial charge in [-0.05, 0) is 37.3 Å². The predicted molar refractivity (Wildman–Crippen MR) is 109 cm³/mol. The summed E-state index contributed by atoms with van der Waals surface area (Å²) in [7, 11) is 4.13. The number of ether oxygens (including phenoxy) is 1. The molecule has 3 rings (SSSR count). The van der Waals surface area contributed by atoms with Crippen molar-refractivity contribution in [3.63, 3.8) is 0 Å². The maximum absolute atomic E-state index is 13.0. The molecule has 3 aromatic rings. The van der Waals surface area contributed by atoms with Gasteiger partial charge in [-0.25, -0.2) is 4.98 Å². The maximum Gasteiger partial charge on any atom is 0.270 e. The SMILES string of the molecule is CCOc1ccc2nc(N(CC[NH+](C)C)C(=O)c3ccc(Cl)s3)sc2c1. The molecule has 5 nitrogen and oxygen atoms in total. The van der Waals surface area contributed by atoms with Crippen LogP contribution in [0.5, 0.6) is 5.75 Å². The molecule has 2 heterocycles. The maximum atomic E-state index is 13.0. The lowest BCUT2D eigenvalue weighted by Gasteiger charge is -2.19. The van der Waals surface area contributed by atoms with E-state index in [9.17, 15) is 4.79 Å². The topological polar surface area (TPSA) is 46.9 Å². The van der Waals surface area contributed by atoms with Crippen molar-refractivity contribution >= 4 is 55.5 Å². The smallest absolute Gasteiger partial charge is 0.270 e. The Hall–Kier alpha value is -1.67. The predicted octanol–water partition coefficient (Wildman–Crippen LogP) is 3.20. The fourth-order valence-electron chi connectivity index (χ4n) is 2.45. The number of thiazole rings is 1. The number of aromatic nitrogens is 1. The van der Waals surface area contributed by atoms with Gasteiger partial charge in [0.1, 0.15) is 5.75 Å². The Morgan fingerprint density at radius 3 is 2.73 bits per heavy atom. The van der Waals surface area contributed by atoms with Gasteiger partial charge in [0, 0.05) is 0 Å². The molecule has 2 aromatic heterocycles. The van der Waals surface area contributed by atoms with E-state index in [4.69, 9.17) is 16.3 Å². The number of fused-ring (bicyclic) bond motifs is 1. The molecule has 0 atom stereocenters. The molecule has 0 saturated heterocycles. The molecule has 26 heavy (non-hydrogen) atoms. The van der Waals surface area contributed by atoms with E-state index in [0.29, 0.717) is 27.5 Å². The quantitative estimate of drug-likeness (QED) is 0.650. The Balaban J connectivity index is 1.95. The summed E-state index contributed by atoms with van der Waals surface area (Å²) in [5.74, 6) is 0.753. The fourth-order valence-corrected chi connectivity index (χ4v) is 4.46. The van der Waals surface area contributed by atoms with Crippen LogP contribution in [0.25, 0.3) is 10.2 Å². The van der Waals surface area contributed by atoms with Gasteiger partial charge in [-0.15, -0.1) is 11.3 Å². The van der Waals surface area contributed by atoms with Gasteiger partial charge in [-0.2, -0.15) is 0 Å². The first kappa shape index (κ1) is 19.1. The molecule has 0 fully saturated rings. The van der Waals surface area contributed by atoms with E-state index in [1.54, 1.807) is 17.0 Å². The average Bonchev–Trinajstić information content (AvgIpc) is 3.20. The van der Waals surface area contributed by atoms with Crippen LogP contribution in [0.4, 0.5) is 5.13 Å². The van der Waals surface area contributed by atoms with Crippen LogP contribution in [0.1, 0.15) is 16.6 Å². The number of hydrogen-bond acceptors (Lipinski definition) is 5. The van der Waals surface area contributed by atoms with Crippen LogP contribution in [-0.4, -0.2) is 44.7 Å². The minimum absolute atomic E-state index is 0.0627. The van der Waals surface area contributed by atoms with Gasteiger partial charge in [0.25, 0.3) is 5.91 Å². The summed E-state index contributed by atoms with van der Waals surface area (Å²) in [6.45, 7) is 3.99. The van der Waals surface area contributed by atoms with Crippen LogP contribution in [0, 0.1) is 0 Å². The van der Waals surface area contributed by atoms with Gasteiger partial charge in [0.2, 0.25) is 0 Å². The Kier molecular flexibility index (Phi) is 6.13. The van der Waals surface area contributed by atoms with E-state index < -0.39 is 0 Å². The summed E-state index contributed by atoms with van der Waals surface area (Å²) in [6, 6.07) is 9.33. The highest BCUT2D eigenvalue weighted by molar-refractivity contribution is 7.22. The van der Waals surface area contributed by atoms with Gasteiger partial charge < -0.3 is 9.64 Å². The minimum atomic E-state index is -0.0627. The second kappa shape index (κ2) is 8.35. The van der Waals surface area contributed by atoms with Gasteiger partial charge in [-0.3, -0.25) is 9.69 Å². The summed E-state index contributed by atoms with van der Waals surface area (Å²) >= 11 is 8.81. The Labute approximate surface area is 165 Å². The zero-order chi connectivity index (χ0) is 18.7. The molecule has 0 bridgehead atoms. The van der Waals surface area contributed by atoms with E-state index >= 15 is 0 Å². The van der Waals surface area contributed by atoms with Crippen molar-refractivity contribution in [3.8, 4) is 5.75 Å². The highest BCUT2D eigenvalue weighted by Gasteiger charge is 2.23. The number of nitrogens with zero attached hydrogens (tertiary/aromatic N) is 2. The monoisotopic (exact) mass is 410 g/mol. The number of rotatable bonds is 7. The van der Waals surface area contributed by atoms with E-state index in [2.05, 4.69) is 19.1 Å². The van der Waals surface area contributed by atoms with Crippen molar-refractivity contribution in [2.75, 3.05) is 38.7 Å². The van der Waals surface area contributed by atoms with Gasteiger partial charge in [-0.1, -0.05) is 22.9 Å². The van der Waals surface area contributed by atoms with Gasteiger partial charge in [0.15, 0.2) is 5.13 Å². The molecule has 8 heteroatoms. The lowest BCUT2D eigenvalue weighted by Crippen LogP contribution is -3.06. The third-order valence-electron chi connectivity index (χ3n) is 3.76. The molecule has 0 spiro atoms. The number of quaternary nitrogens is 1. The van der Waals surface area contributed by atoms with Crippen LogP contribution >= 0.6 is 34.3 Å². The lowest BCUT2D eigenvalue weighted by molar-refractivity contribution is -0.856. The van der Waals surface area contributed by atoms with Crippen molar-refractivity contribution in [1.29, 1.82) is 0 Å². The first-order valence-electron chi connectivity index (χ1n) is 8.37. The molecular formula is C18H21ClN3O2S2+. The summed E-state index contributed by atoms with van der Waals surface area (Å²) in [4.78, 5) is 21.3. The largest absolute Gasteiger partial charge is 0.494 e. The number of halogens is 1. The molecule has 1 N–H and O–H groups in total. The van der Waals surface area contributed by atoms with Crippen molar-refractivity contribution in [2.24, 2.45) is 0 Å². The third-order valence-corrected chi connectivity index (χ3v) is 6.02. The number of nitrogens with one attached hydrogen (secondary N) is 1. The molecular weight excluding hydrogens is 390 g/mol. The molecule has 0 saturated carbocycles. The summed E-state index contributed by atoms with van der Waals surface area (Å²) < 4.78 is 7.18. The van der Waals surface area contributed by atoms with Gasteiger partial charge >= 0.3 is 0 Å². The Morgan fingerprint density at radius 2 is 2.08 bits per heavy atom. The van der Waals surface area contributed by atoms with E-state index in [-0.39, 0.29) is 5.91 Å². The number of likely N-dealkylation sites (N-methyl/N-ethyl adjacent to an activating group) is 1. The Morgan fingerprint density at radius 1 is 1.27 bits per heavy atom. The normalized spacial score (nSPS) is 11.3. The first-order chi connectivity index (χ1) is 12.5. The van der Waals surface area contributed by atoms with Crippen molar-refractivity contribution in [2.45, 2.75) is 6.92 Å². The third kappa shape index (κ3) is 4.35. The number of carbonyl (C=O) groups excluding carboxylic acids is 1.